The number of anilines is 1. The van der Waals surface area contributed by atoms with E-state index in [1.54, 1.807) is 12.3 Å². The van der Waals surface area contributed by atoms with Crippen LogP contribution in [0.15, 0.2) is 18.3 Å². The Balaban J connectivity index is 2.15. The highest BCUT2D eigenvalue weighted by Gasteiger charge is 2.06. The van der Waals surface area contributed by atoms with E-state index in [-0.39, 0.29) is 0 Å². The van der Waals surface area contributed by atoms with Crippen molar-refractivity contribution >= 4 is 28.3 Å². The predicted molar refractivity (Wildman–Crippen MR) is 66.9 cm³/mol. The van der Waals surface area contributed by atoms with E-state index in [1.807, 2.05) is 6.07 Å². The molecule has 0 saturated carbocycles. The largest absolute Gasteiger partial charge is 0.360 e. The Hall–Kier alpha value is -1.20. The Morgan fingerprint density at radius 2 is 2.31 bits per heavy atom. The minimum atomic E-state index is 0.614. The van der Waals surface area contributed by atoms with Gasteiger partial charge in [-0.1, -0.05) is 18.5 Å². The average molecular weight is 255 g/mol. The number of halogens is 1. The third-order valence-corrected chi connectivity index (χ3v) is 2.81. The molecule has 16 heavy (non-hydrogen) atoms. The van der Waals surface area contributed by atoms with Crippen LogP contribution in [0.2, 0.25) is 5.02 Å². The predicted octanol–water partition coefficient (Wildman–Crippen LogP) is 3.08. The molecule has 0 spiro atoms. The Morgan fingerprint density at radius 1 is 1.44 bits per heavy atom. The van der Waals surface area contributed by atoms with Crippen molar-refractivity contribution in [1.29, 1.82) is 0 Å². The third-order valence-electron chi connectivity index (χ3n) is 1.91. The van der Waals surface area contributed by atoms with Gasteiger partial charge in [-0.2, -0.15) is 9.36 Å². The van der Waals surface area contributed by atoms with Crippen LogP contribution in [0.25, 0.3) is 11.5 Å². The van der Waals surface area contributed by atoms with Gasteiger partial charge in [-0.15, -0.1) is 0 Å². The standard InChI is InChI=1S/C10H11ClN4S/c1-2-5-12-10-14-9(15-16-10)8-4-3-7(11)6-13-8/h3-4,6H,2,5H2,1H3,(H,12,14,15). The van der Waals surface area contributed by atoms with Gasteiger partial charge in [0.25, 0.3) is 0 Å². The van der Waals surface area contributed by atoms with Crippen molar-refractivity contribution in [1.82, 2.24) is 14.3 Å². The van der Waals surface area contributed by atoms with E-state index < -0.39 is 0 Å². The molecule has 0 radical (unpaired) electrons. The number of nitrogens with zero attached hydrogens (tertiary/aromatic N) is 3. The van der Waals surface area contributed by atoms with Crippen LogP contribution >= 0.6 is 23.1 Å². The second-order valence-corrected chi connectivity index (χ2v) is 4.40. The Bertz CT molecular complexity index is 454. The Morgan fingerprint density at radius 3 is 3.00 bits per heavy atom. The van der Waals surface area contributed by atoms with E-state index >= 15 is 0 Å². The van der Waals surface area contributed by atoms with Gasteiger partial charge >= 0.3 is 0 Å². The number of pyridine rings is 1. The van der Waals surface area contributed by atoms with Crippen molar-refractivity contribution in [2.45, 2.75) is 13.3 Å². The second kappa shape index (κ2) is 5.23. The maximum Gasteiger partial charge on any atom is 0.202 e. The number of aromatic nitrogens is 3. The molecule has 0 aliphatic carbocycles. The van der Waals surface area contributed by atoms with Gasteiger partial charge in [0.05, 0.1) is 5.02 Å². The van der Waals surface area contributed by atoms with E-state index in [0.29, 0.717) is 10.8 Å². The number of hydrogen-bond acceptors (Lipinski definition) is 5. The van der Waals surface area contributed by atoms with Crippen LogP contribution in [0, 0.1) is 0 Å². The molecule has 0 saturated heterocycles. The topological polar surface area (TPSA) is 50.7 Å². The highest BCUT2D eigenvalue weighted by atomic mass is 35.5. The normalized spacial score (nSPS) is 10.4. The zero-order chi connectivity index (χ0) is 11.4. The van der Waals surface area contributed by atoms with E-state index in [9.17, 15) is 0 Å². The van der Waals surface area contributed by atoms with Crippen LogP contribution < -0.4 is 5.32 Å². The lowest BCUT2D eigenvalue weighted by molar-refractivity contribution is 0.976. The molecule has 2 aromatic rings. The maximum atomic E-state index is 5.76. The van der Waals surface area contributed by atoms with Gasteiger partial charge in [0.15, 0.2) is 5.82 Å². The number of nitrogens with one attached hydrogen (secondary N) is 1. The molecule has 2 rings (SSSR count). The molecular weight excluding hydrogens is 244 g/mol. The molecule has 0 aliphatic heterocycles. The quantitative estimate of drug-likeness (QED) is 0.911. The zero-order valence-corrected chi connectivity index (χ0v) is 10.3. The van der Waals surface area contributed by atoms with Crippen molar-refractivity contribution in [2.24, 2.45) is 0 Å². The van der Waals surface area contributed by atoms with Crippen LogP contribution in [0.3, 0.4) is 0 Å². The first-order valence-electron chi connectivity index (χ1n) is 4.99. The molecule has 2 heterocycles. The Labute approximate surface area is 103 Å². The van der Waals surface area contributed by atoms with Crippen LogP contribution in [0.1, 0.15) is 13.3 Å². The molecule has 6 heteroatoms. The van der Waals surface area contributed by atoms with Crippen molar-refractivity contribution in [3.05, 3.63) is 23.4 Å². The summed E-state index contributed by atoms with van der Waals surface area (Å²) in [5.41, 5.74) is 0.741. The van der Waals surface area contributed by atoms with Gasteiger partial charge in [-0.05, 0) is 18.6 Å². The SMILES string of the molecule is CCCNc1nc(-c2ccc(Cl)cn2)ns1. The summed E-state index contributed by atoms with van der Waals surface area (Å²) in [7, 11) is 0. The summed E-state index contributed by atoms with van der Waals surface area (Å²) in [6.45, 7) is 3.01. The van der Waals surface area contributed by atoms with Gasteiger partial charge in [0, 0.05) is 24.3 Å². The fraction of sp³-hybridized carbons (Fsp3) is 0.300. The van der Waals surface area contributed by atoms with Crippen molar-refractivity contribution in [2.75, 3.05) is 11.9 Å². The molecule has 0 unspecified atom stereocenters. The van der Waals surface area contributed by atoms with Crippen LogP contribution in [0.5, 0.6) is 0 Å². The third kappa shape index (κ3) is 2.68. The van der Waals surface area contributed by atoms with Crippen molar-refractivity contribution < 1.29 is 0 Å². The molecule has 0 amide bonds. The van der Waals surface area contributed by atoms with Gasteiger partial charge in [-0.25, -0.2) is 0 Å². The highest BCUT2D eigenvalue weighted by molar-refractivity contribution is 7.09. The molecule has 0 aliphatic rings. The average Bonchev–Trinajstić information content (AvgIpc) is 2.76. The molecule has 4 nitrogen and oxygen atoms in total. The van der Waals surface area contributed by atoms with Gasteiger partial charge in [0.1, 0.15) is 5.69 Å². The minimum Gasteiger partial charge on any atom is -0.360 e. The first kappa shape index (κ1) is 11.3. The number of hydrogen-bond donors (Lipinski definition) is 1. The van der Waals surface area contributed by atoms with Crippen LogP contribution in [-0.4, -0.2) is 20.9 Å². The van der Waals surface area contributed by atoms with Crippen molar-refractivity contribution in [3.8, 4) is 11.5 Å². The summed E-state index contributed by atoms with van der Waals surface area (Å²) in [6, 6.07) is 3.60. The minimum absolute atomic E-state index is 0.614. The molecule has 84 valence electrons. The van der Waals surface area contributed by atoms with E-state index in [1.165, 1.54) is 11.5 Å². The van der Waals surface area contributed by atoms with Gasteiger partial charge in [0.2, 0.25) is 5.13 Å². The summed E-state index contributed by atoms with van der Waals surface area (Å²) < 4.78 is 4.23. The monoisotopic (exact) mass is 254 g/mol. The Kier molecular flexibility index (Phi) is 3.69. The molecule has 0 fully saturated rings. The summed E-state index contributed by atoms with van der Waals surface area (Å²) in [5.74, 6) is 0.639. The van der Waals surface area contributed by atoms with Crippen molar-refractivity contribution in [3.63, 3.8) is 0 Å². The van der Waals surface area contributed by atoms with E-state index in [2.05, 4.69) is 26.6 Å². The second-order valence-electron chi connectivity index (χ2n) is 3.21. The van der Waals surface area contributed by atoms with Gasteiger partial charge in [-0.3, -0.25) is 4.98 Å². The molecule has 2 aromatic heterocycles. The summed E-state index contributed by atoms with van der Waals surface area (Å²) in [4.78, 5) is 8.50. The van der Waals surface area contributed by atoms with Crippen LogP contribution in [0.4, 0.5) is 5.13 Å². The first-order valence-corrected chi connectivity index (χ1v) is 6.14. The molecule has 1 N–H and O–H groups in total. The maximum absolute atomic E-state index is 5.76. The summed E-state index contributed by atoms with van der Waals surface area (Å²) in [5, 5.41) is 4.63. The fourth-order valence-corrected chi connectivity index (χ4v) is 1.85. The molecule has 0 aromatic carbocycles. The lowest BCUT2D eigenvalue weighted by atomic mass is 10.3. The van der Waals surface area contributed by atoms with Gasteiger partial charge < -0.3 is 5.32 Å². The lowest BCUT2D eigenvalue weighted by Crippen LogP contribution is -1.98. The highest BCUT2D eigenvalue weighted by Crippen LogP contribution is 2.20. The number of rotatable bonds is 4. The van der Waals surface area contributed by atoms with E-state index in [4.69, 9.17) is 11.6 Å². The summed E-state index contributed by atoms with van der Waals surface area (Å²) >= 11 is 7.10. The molecule has 0 bridgehead atoms. The first-order chi connectivity index (χ1) is 7.79. The fourth-order valence-electron chi connectivity index (χ4n) is 1.14. The zero-order valence-electron chi connectivity index (χ0n) is 8.77. The molecular formula is C10H11ClN4S. The molecule has 0 atom stereocenters. The lowest BCUT2D eigenvalue weighted by Gasteiger charge is -1.96. The summed E-state index contributed by atoms with van der Waals surface area (Å²) in [6.07, 6.45) is 2.66. The smallest absolute Gasteiger partial charge is 0.202 e. The van der Waals surface area contributed by atoms with Crippen LogP contribution in [-0.2, 0) is 0 Å². The van der Waals surface area contributed by atoms with E-state index in [0.717, 1.165) is 23.8 Å².